The number of aromatic amines is 1. The van der Waals surface area contributed by atoms with E-state index in [4.69, 9.17) is 9.47 Å². The summed E-state index contributed by atoms with van der Waals surface area (Å²) < 4.78 is 10.1. The number of ether oxygens (including phenoxy) is 2. The number of pyridine rings is 1. The monoisotopic (exact) mass is 349 g/mol. The Morgan fingerprint density at radius 3 is 2.62 bits per heavy atom. The first kappa shape index (κ1) is 18.1. The van der Waals surface area contributed by atoms with Gasteiger partial charge in [0.25, 0.3) is 0 Å². The molecule has 7 heteroatoms. The molecular formula is C17H19NO5S. The van der Waals surface area contributed by atoms with E-state index in [2.05, 4.69) is 4.98 Å². The van der Waals surface area contributed by atoms with Crippen molar-refractivity contribution in [2.24, 2.45) is 0 Å². The number of H-pyrrole nitrogens is 1. The molecular weight excluding hydrogens is 330 g/mol. The predicted octanol–water partition coefficient (Wildman–Crippen LogP) is 2.75. The van der Waals surface area contributed by atoms with Crippen LogP contribution in [0.5, 0.6) is 0 Å². The average Bonchev–Trinajstić information content (AvgIpc) is 2.52. The van der Waals surface area contributed by atoms with Crippen LogP contribution in [0.15, 0.2) is 34.1 Å². The van der Waals surface area contributed by atoms with Crippen LogP contribution in [0.1, 0.15) is 31.1 Å². The number of fused-ring (bicyclic) bond motifs is 1. The van der Waals surface area contributed by atoms with Gasteiger partial charge >= 0.3 is 11.9 Å². The van der Waals surface area contributed by atoms with E-state index in [-0.39, 0.29) is 24.0 Å². The van der Waals surface area contributed by atoms with Crippen LogP contribution in [-0.4, -0.2) is 35.4 Å². The molecule has 0 radical (unpaired) electrons. The Balaban J connectivity index is 2.42. The number of carbonyl (C=O) groups is 2. The van der Waals surface area contributed by atoms with E-state index in [1.807, 2.05) is 0 Å². The van der Waals surface area contributed by atoms with Crippen LogP contribution in [0.3, 0.4) is 0 Å². The topological polar surface area (TPSA) is 85.5 Å². The van der Waals surface area contributed by atoms with E-state index in [1.165, 1.54) is 0 Å². The highest BCUT2D eigenvalue weighted by Gasteiger charge is 2.21. The fraction of sp³-hybridized carbons (Fsp3) is 0.353. The molecule has 0 amide bonds. The second kappa shape index (κ2) is 8.01. The van der Waals surface area contributed by atoms with Gasteiger partial charge in [0.1, 0.15) is 5.56 Å². The molecule has 6 nitrogen and oxygen atoms in total. The summed E-state index contributed by atoms with van der Waals surface area (Å²) in [6, 6.07) is 6.88. The lowest BCUT2D eigenvalue weighted by atomic mass is 10.1. The Bertz CT molecular complexity index is 812. The second-order valence-corrected chi connectivity index (χ2v) is 6.24. The lowest BCUT2D eigenvalue weighted by Crippen LogP contribution is -2.21. The minimum atomic E-state index is -0.704. The van der Waals surface area contributed by atoms with Crippen LogP contribution in [0, 0.1) is 0 Å². The van der Waals surface area contributed by atoms with E-state index in [9.17, 15) is 14.4 Å². The van der Waals surface area contributed by atoms with Crippen LogP contribution in [0.4, 0.5) is 0 Å². The minimum absolute atomic E-state index is 0.0150. The standard InChI is InChI=1S/C17H19NO5S/c1-4-22-17(21)14-15(20)11-7-5-6-8-12(11)18-16(14)24-9-13(19)23-10(2)3/h5-8,10H,4,9H2,1-3H3,(H,18,20). The summed E-state index contributed by atoms with van der Waals surface area (Å²) in [6.45, 7) is 5.33. The fourth-order valence-corrected chi connectivity index (χ4v) is 2.97. The summed E-state index contributed by atoms with van der Waals surface area (Å²) in [6.07, 6.45) is -0.224. The molecule has 0 unspecified atom stereocenters. The normalized spacial score (nSPS) is 10.8. The number of rotatable bonds is 6. The van der Waals surface area contributed by atoms with Crippen LogP contribution in [0.25, 0.3) is 10.9 Å². The first-order valence-electron chi connectivity index (χ1n) is 7.58. The predicted molar refractivity (Wildman–Crippen MR) is 92.5 cm³/mol. The lowest BCUT2D eigenvalue weighted by molar-refractivity contribution is -0.144. The van der Waals surface area contributed by atoms with E-state index in [0.29, 0.717) is 15.9 Å². The molecule has 128 valence electrons. The molecule has 0 bridgehead atoms. The summed E-state index contributed by atoms with van der Waals surface area (Å²) >= 11 is 1.05. The Morgan fingerprint density at radius 1 is 1.25 bits per heavy atom. The van der Waals surface area contributed by atoms with Gasteiger partial charge in [-0.05, 0) is 32.9 Å². The van der Waals surface area contributed by atoms with E-state index < -0.39 is 17.4 Å². The third-order valence-corrected chi connectivity index (χ3v) is 4.03. The van der Waals surface area contributed by atoms with Crippen molar-refractivity contribution in [3.63, 3.8) is 0 Å². The van der Waals surface area contributed by atoms with Crippen molar-refractivity contribution in [3.05, 3.63) is 40.1 Å². The number of nitrogens with one attached hydrogen (secondary N) is 1. The van der Waals surface area contributed by atoms with Gasteiger partial charge in [-0.3, -0.25) is 9.59 Å². The second-order valence-electron chi connectivity index (χ2n) is 5.25. The van der Waals surface area contributed by atoms with Crippen molar-refractivity contribution in [2.75, 3.05) is 12.4 Å². The number of carbonyl (C=O) groups excluding carboxylic acids is 2. The van der Waals surface area contributed by atoms with Crippen molar-refractivity contribution < 1.29 is 19.1 Å². The molecule has 1 N–H and O–H groups in total. The Labute approximate surface area is 143 Å². The highest BCUT2D eigenvalue weighted by atomic mass is 32.2. The molecule has 0 aliphatic rings. The number of benzene rings is 1. The fourth-order valence-electron chi connectivity index (χ4n) is 2.14. The number of hydrogen-bond acceptors (Lipinski definition) is 6. The molecule has 0 aliphatic carbocycles. The smallest absolute Gasteiger partial charge is 0.344 e. The minimum Gasteiger partial charge on any atom is -0.462 e. The van der Waals surface area contributed by atoms with Gasteiger partial charge in [-0.15, -0.1) is 0 Å². The highest BCUT2D eigenvalue weighted by molar-refractivity contribution is 8.00. The number of esters is 2. The van der Waals surface area contributed by atoms with Crippen molar-refractivity contribution in [2.45, 2.75) is 31.9 Å². The maximum absolute atomic E-state index is 12.6. The third-order valence-electron chi connectivity index (χ3n) is 3.06. The molecule has 2 aromatic rings. The zero-order valence-electron chi connectivity index (χ0n) is 13.8. The zero-order chi connectivity index (χ0) is 17.7. The van der Waals surface area contributed by atoms with Gasteiger partial charge < -0.3 is 14.5 Å². The van der Waals surface area contributed by atoms with Crippen LogP contribution < -0.4 is 5.43 Å². The first-order chi connectivity index (χ1) is 11.4. The van der Waals surface area contributed by atoms with Gasteiger partial charge in [-0.25, -0.2) is 4.79 Å². The van der Waals surface area contributed by atoms with Crippen LogP contribution in [-0.2, 0) is 14.3 Å². The van der Waals surface area contributed by atoms with Crippen LogP contribution in [0.2, 0.25) is 0 Å². The van der Waals surface area contributed by atoms with Gasteiger partial charge in [0.05, 0.1) is 29.0 Å². The maximum atomic E-state index is 12.6. The molecule has 2 rings (SSSR count). The molecule has 24 heavy (non-hydrogen) atoms. The maximum Gasteiger partial charge on any atom is 0.344 e. The first-order valence-corrected chi connectivity index (χ1v) is 8.57. The van der Waals surface area contributed by atoms with E-state index in [0.717, 1.165) is 11.8 Å². The van der Waals surface area contributed by atoms with Crippen molar-refractivity contribution in [3.8, 4) is 0 Å². The van der Waals surface area contributed by atoms with Gasteiger partial charge in [0.2, 0.25) is 5.43 Å². The van der Waals surface area contributed by atoms with Crippen LogP contribution >= 0.6 is 11.8 Å². The molecule has 0 atom stereocenters. The van der Waals surface area contributed by atoms with Gasteiger partial charge in [0, 0.05) is 5.39 Å². The molecule has 0 saturated carbocycles. The highest BCUT2D eigenvalue weighted by Crippen LogP contribution is 2.22. The lowest BCUT2D eigenvalue weighted by Gasteiger charge is -2.11. The quantitative estimate of drug-likeness (QED) is 0.637. The summed E-state index contributed by atoms with van der Waals surface area (Å²) in [5, 5.41) is 0.701. The third kappa shape index (κ3) is 4.17. The molecule has 0 aliphatic heterocycles. The van der Waals surface area contributed by atoms with Crippen molar-refractivity contribution in [1.29, 1.82) is 0 Å². The van der Waals surface area contributed by atoms with E-state index >= 15 is 0 Å². The summed E-state index contributed by atoms with van der Waals surface area (Å²) in [5.41, 5.74) is 0.0932. The summed E-state index contributed by atoms with van der Waals surface area (Å²) in [7, 11) is 0. The molecule has 0 saturated heterocycles. The molecule has 0 spiro atoms. The summed E-state index contributed by atoms with van der Waals surface area (Å²) in [4.78, 5) is 39.6. The number of aromatic nitrogens is 1. The molecule has 0 fully saturated rings. The molecule has 1 aromatic heterocycles. The zero-order valence-corrected chi connectivity index (χ0v) is 14.6. The summed E-state index contributed by atoms with van der Waals surface area (Å²) in [5.74, 6) is -1.14. The Kier molecular flexibility index (Phi) is 6.03. The number of para-hydroxylation sites is 1. The van der Waals surface area contributed by atoms with Gasteiger partial charge in [0.15, 0.2) is 0 Å². The number of thioether (sulfide) groups is 1. The average molecular weight is 349 g/mol. The Hall–Kier alpha value is -2.28. The van der Waals surface area contributed by atoms with Crippen molar-refractivity contribution >= 4 is 34.6 Å². The van der Waals surface area contributed by atoms with Gasteiger partial charge in [-0.1, -0.05) is 23.9 Å². The molecule has 1 aromatic carbocycles. The van der Waals surface area contributed by atoms with Crippen molar-refractivity contribution in [1.82, 2.24) is 4.98 Å². The van der Waals surface area contributed by atoms with E-state index in [1.54, 1.807) is 45.0 Å². The Morgan fingerprint density at radius 2 is 1.96 bits per heavy atom. The largest absolute Gasteiger partial charge is 0.462 e. The van der Waals surface area contributed by atoms with Gasteiger partial charge in [-0.2, -0.15) is 0 Å². The molecule has 1 heterocycles. The SMILES string of the molecule is CCOC(=O)c1c(SCC(=O)OC(C)C)[nH]c2ccccc2c1=O. The number of hydrogen-bond donors (Lipinski definition) is 1.